The number of rotatable bonds is 2. The molecule has 16 heavy (non-hydrogen) atoms. The van der Waals surface area contributed by atoms with Crippen LogP contribution in [0.5, 0.6) is 0 Å². The molecule has 0 fully saturated rings. The fraction of sp³-hybridized carbons (Fsp3) is 0.200. The van der Waals surface area contributed by atoms with E-state index in [9.17, 15) is 4.79 Å². The molecule has 0 aromatic carbocycles. The molecule has 2 heterocycles. The maximum Gasteiger partial charge on any atom is 0.266 e. The van der Waals surface area contributed by atoms with Gasteiger partial charge in [0.05, 0.1) is 8.66 Å². The summed E-state index contributed by atoms with van der Waals surface area (Å²) in [5, 5.41) is 9.62. The van der Waals surface area contributed by atoms with E-state index in [1.54, 1.807) is 6.07 Å². The highest BCUT2D eigenvalue weighted by atomic mass is 79.9. The summed E-state index contributed by atoms with van der Waals surface area (Å²) in [5.41, 5.74) is 1.92. The molecule has 2 rings (SSSR count). The first-order chi connectivity index (χ1) is 7.58. The Morgan fingerprint density at radius 3 is 2.75 bits per heavy atom. The summed E-state index contributed by atoms with van der Waals surface area (Å²) in [4.78, 5) is 12.5. The van der Waals surface area contributed by atoms with Gasteiger partial charge >= 0.3 is 0 Å². The lowest BCUT2D eigenvalue weighted by molar-refractivity contribution is 0.103. The molecule has 2 aromatic heterocycles. The molecule has 0 radical (unpaired) electrons. The first kappa shape index (κ1) is 11.3. The molecule has 0 atom stereocenters. The zero-order valence-electron chi connectivity index (χ0n) is 8.80. The van der Waals surface area contributed by atoms with Gasteiger partial charge in [0.25, 0.3) is 5.91 Å². The van der Waals surface area contributed by atoms with Gasteiger partial charge in [-0.2, -0.15) is 5.10 Å². The van der Waals surface area contributed by atoms with E-state index in [0.717, 1.165) is 15.0 Å². The van der Waals surface area contributed by atoms with Crippen LogP contribution in [0, 0.1) is 13.8 Å². The predicted octanol–water partition coefficient (Wildman–Crippen LogP) is 3.10. The number of hydrogen-bond acceptors (Lipinski definition) is 3. The number of H-pyrrole nitrogens is 1. The van der Waals surface area contributed by atoms with Crippen LogP contribution in [0.15, 0.2) is 15.9 Å². The summed E-state index contributed by atoms with van der Waals surface area (Å²) in [5.74, 6) is 0.456. The number of thiophene rings is 1. The van der Waals surface area contributed by atoms with E-state index in [0.29, 0.717) is 10.7 Å². The van der Waals surface area contributed by atoms with Crippen LogP contribution in [0.25, 0.3) is 0 Å². The maximum atomic E-state index is 11.8. The number of nitrogens with zero attached hydrogens (tertiary/aromatic N) is 1. The minimum absolute atomic E-state index is 0.134. The van der Waals surface area contributed by atoms with Gasteiger partial charge in [-0.1, -0.05) is 0 Å². The normalized spacial score (nSPS) is 10.4. The van der Waals surface area contributed by atoms with Gasteiger partial charge in [0, 0.05) is 11.3 Å². The smallest absolute Gasteiger partial charge is 0.266 e. The van der Waals surface area contributed by atoms with Crippen molar-refractivity contribution in [3.05, 3.63) is 32.1 Å². The minimum atomic E-state index is -0.134. The Balaban J connectivity index is 2.17. The largest absolute Gasteiger partial charge is 0.304 e. The van der Waals surface area contributed by atoms with Crippen molar-refractivity contribution in [3.8, 4) is 0 Å². The molecular weight excluding hydrogens is 290 g/mol. The minimum Gasteiger partial charge on any atom is -0.304 e. The third-order valence-corrected chi connectivity index (χ3v) is 3.90. The molecule has 2 N–H and O–H groups in total. The van der Waals surface area contributed by atoms with Gasteiger partial charge < -0.3 is 5.32 Å². The Kier molecular flexibility index (Phi) is 3.11. The Labute approximate surface area is 105 Å². The van der Waals surface area contributed by atoms with E-state index in [4.69, 9.17) is 0 Å². The number of nitrogens with one attached hydrogen (secondary N) is 2. The molecular formula is C10H10BrN3OS. The lowest BCUT2D eigenvalue weighted by Gasteiger charge is -2.00. The number of hydrogen-bond donors (Lipinski definition) is 2. The highest BCUT2D eigenvalue weighted by molar-refractivity contribution is 9.11. The fourth-order valence-electron chi connectivity index (χ4n) is 1.21. The maximum absolute atomic E-state index is 11.8. The van der Waals surface area contributed by atoms with E-state index in [2.05, 4.69) is 31.4 Å². The highest BCUT2D eigenvalue weighted by Gasteiger charge is 2.12. The van der Waals surface area contributed by atoms with E-state index < -0.39 is 0 Å². The van der Waals surface area contributed by atoms with E-state index >= 15 is 0 Å². The van der Waals surface area contributed by atoms with Crippen molar-refractivity contribution >= 4 is 39.0 Å². The average molecular weight is 300 g/mol. The van der Waals surface area contributed by atoms with Crippen molar-refractivity contribution in [2.75, 3.05) is 5.32 Å². The third-order valence-electron chi connectivity index (χ3n) is 2.28. The monoisotopic (exact) mass is 299 g/mol. The molecule has 0 saturated heterocycles. The predicted molar refractivity (Wildman–Crippen MR) is 68.0 cm³/mol. The highest BCUT2D eigenvalue weighted by Crippen LogP contribution is 2.23. The van der Waals surface area contributed by atoms with Crippen LogP contribution in [0.1, 0.15) is 20.9 Å². The van der Waals surface area contributed by atoms with Crippen molar-refractivity contribution in [1.29, 1.82) is 0 Å². The number of amides is 1. The second kappa shape index (κ2) is 4.39. The van der Waals surface area contributed by atoms with Crippen molar-refractivity contribution in [3.63, 3.8) is 0 Å². The van der Waals surface area contributed by atoms with Crippen LogP contribution in [-0.4, -0.2) is 16.1 Å². The second-order valence-corrected chi connectivity index (χ2v) is 5.84. The van der Waals surface area contributed by atoms with Gasteiger partial charge in [-0.3, -0.25) is 9.89 Å². The van der Waals surface area contributed by atoms with Gasteiger partial charge in [0.1, 0.15) is 0 Å². The molecule has 84 valence electrons. The first-order valence-electron chi connectivity index (χ1n) is 4.66. The Hall–Kier alpha value is -1.14. The summed E-state index contributed by atoms with van der Waals surface area (Å²) >= 11 is 4.72. The van der Waals surface area contributed by atoms with Crippen molar-refractivity contribution in [2.24, 2.45) is 0 Å². The van der Waals surface area contributed by atoms with E-state index in [-0.39, 0.29) is 5.91 Å². The van der Waals surface area contributed by atoms with Gasteiger partial charge in [0.2, 0.25) is 0 Å². The number of carbonyl (C=O) groups excluding carboxylic acids is 1. The van der Waals surface area contributed by atoms with Gasteiger partial charge in [-0.25, -0.2) is 0 Å². The van der Waals surface area contributed by atoms with Crippen LogP contribution >= 0.6 is 27.3 Å². The number of aryl methyl sites for hydroxylation is 1. The number of carbonyl (C=O) groups is 1. The molecule has 6 heteroatoms. The van der Waals surface area contributed by atoms with E-state index in [1.807, 2.05) is 19.9 Å². The molecule has 0 unspecified atom stereocenters. The molecule has 2 aromatic rings. The Morgan fingerprint density at radius 2 is 2.25 bits per heavy atom. The molecule has 0 aliphatic heterocycles. The molecule has 4 nitrogen and oxygen atoms in total. The summed E-state index contributed by atoms with van der Waals surface area (Å²) in [7, 11) is 0. The average Bonchev–Trinajstić information content (AvgIpc) is 2.79. The lowest BCUT2D eigenvalue weighted by atomic mass is 10.3. The van der Waals surface area contributed by atoms with Gasteiger partial charge in [-0.15, -0.1) is 11.3 Å². The van der Waals surface area contributed by atoms with Crippen LogP contribution in [0.2, 0.25) is 0 Å². The van der Waals surface area contributed by atoms with Crippen LogP contribution in [-0.2, 0) is 0 Å². The standard InChI is InChI=1S/C10H10BrN3OS/c1-5-6(2)13-14-9(5)12-10(15)7-3-4-8(11)16-7/h3-4H,1-2H3,(H2,12,13,14,15). The van der Waals surface area contributed by atoms with Gasteiger partial charge in [0.15, 0.2) is 5.82 Å². The zero-order chi connectivity index (χ0) is 11.7. The Morgan fingerprint density at radius 1 is 1.50 bits per heavy atom. The van der Waals surface area contributed by atoms with Crippen LogP contribution < -0.4 is 5.32 Å². The van der Waals surface area contributed by atoms with Gasteiger partial charge in [-0.05, 0) is 41.9 Å². The lowest BCUT2D eigenvalue weighted by Crippen LogP contribution is -2.11. The van der Waals surface area contributed by atoms with Crippen molar-refractivity contribution in [1.82, 2.24) is 10.2 Å². The SMILES string of the molecule is Cc1[nH]nc(NC(=O)c2ccc(Br)s2)c1C. The zero-order valence-corrected chi connectivity index (χ0v) is 11.2. The van der Waals surface area contributed by atoms with Crippen molar-refractivity contribution in [2.45, 2.75) is 13.8 Å². The number of anilines is 1. The van der Waals surface area contributed by atoms with Crippen molar-refractivity contribution < 1.29 is 4.79 Å². The molecule has 0 aliphatic rings. The topological polar surface area (TPSA) is 57.8 Å². The summed E-state index contributed by atoms with van der Waals surface area (Å²) in [6.45, 7) is 3.83. The third kappa shape index (κ3) is 2.17. The van der Waals surface area contributed by atoms with E-state index in [1.165, 1.54) is 11.3 Å². The number of aromatic amines is 1. The molecule has 0 saturated carbocycles. The summed E-state index contributed by atoms with van der Waals surface area (Å²) < 4.78 is 0.938. The number of halogens is 1. The first-order valence-corrected chi connectivity index (χ1v) is 6.27. The second-order valence-electron chi connectivity index (χ2n) is 3.38. The Bertz CT molecular complexity index is 532. The summed E-state index contributed by atoms with van der Waals surface area (Å²) in [6, 6.07) is 3.63. The fourth-order valence-corrected chi connectivity index (χ4v) is 2.49. The van der Waals surface area contributed by atoms with Crippen LogP contribution in [0.4, 0.5) is 5.82 Å². The molecule has 0 aliphatic carbocycles. The molecule has 0 bridgehead atoms. The molecule has 1 amide bonds. The van der Waals surface area contributed by atoms with Crippen LogP contribution in [0.3, 0.4) is 0 Å². The quantitative estimate of drug-likeness (QED) is 0.895. The molecule has 0 spiro atoms. The number of aromatic nitrogens is 2. The summed E-state index contributed by atoms with van der Waals surface area (Å²) in [6.07, 6.45) is 0.